The maximum atomic E-state index is 12.4. The average Bonchev–Trinajstić information content (AvgIpc) is 2.77. The molecule has 0 unspecified atom stereocenters. The number of sulfonamides is 1. The first-order chi connectivity index (χ1) is 15.3. The summed E-state index contributed by atoms with van der Waals surface area (Å²) < 4.78 is 36.3. The van der Waals surface area contributed by atoms with Gasteiger partial charge in [-0.3, -0.25) is 9.10 Å². The maximum Gasteiger partial charge on any atom is 0.232 e. The molecule has 0 atom stereocenters. The number of methoxy groups -OCH3 is 1. The van der Waals surface area contributed by atoms with Crippen LogP contribution in [0.25, 0.3) is 0 Å². The second-order valence-corrected chi connectivity index (χ2v) is 9.77. The van der Waals surface area contributed by atoms with Crippen LogP contribution in [0, 0.1) is 0 Å². The van der Waals surface area contributed by atoms with Gasteiger partial charge in [-0.25, -0.2) is 8.42 Å². The van der Waals surface area contributed by atoms with Gasteiger partial charge in [0.2, 0.25) is 15.9 Å². The molecular formula is C22H28ClN3O5S. The number of amides is 1. The van der Waals surface area contributed by atoms with Gasteiger partial charge in [0, 0.05) is 37.4 Å². The molecule has 8 nitrogen and oxygen atoms in total. The van der Waals surface area contributed by atoms with Gasteiger partial charge in [0.25, 0.3) is 0 Å². The molecule has 1 heterocycles. The fourth-order valence-electron chi connectivity index (χ4n) is 3.48. The average molecular weight is 482 g/mol. The smallest absolute Gasteiger partial charge is 0.232 e. The van der Waals surface area contributed by atoms with E-state index in [1.165, 1.54) is 17.5 Å². The molecule has 174 valence electrons. The van der Waals surface area contributed by atoms with Crippen LogP contribution in [-0.2, 0) is 19.6 Å². The zero-order valence-electron chi connectivity index (χ0n) is 18.2. The van der Waals surface area contributed by atoms with Crippen molar-refractivity contribution in [1.82, 2.24) is 0 Å². The summed E-state index contributed by atoms with van der Waals surface area (Å²) in [6.45, 7) is 3.28. The molecule has 1 aliphatic heterocycles. The van der Waals surface area contributed by atoms with Crippen molar-refractivity contribution in [3.63, 3.8) is 0 Å². The number of nitrogens with one attached hydrogen (secondary N) is 1. The summed E-state index contributed by atoms with van der Waals surface area (Å²) in [6.07, 6.45) is 1.66. The number of benzene rings is 2. The lowest BCUT2D eigenvalue weighted by atomic mass is 10.2. The van der Waals surface area contributed by atoms with Crippen molar-refractivity contribution in [3.8, 4) is 5.75 Å². The Labute approximate surface area is 194 Å². The number of hydrogen-bond acceptors (Lipinski definition) is 6. The van der Waals surface area contributed by atoms with Gasteiger partial charge in [0.15, 0.2) is 0 Å². The van der Waals surface area contributed by atoms with E-state index in [0.29, 0.717) is 41.8 Å². The highest BCUT2D eigenvalue weighted by molar-refractivity contribution is 7.92. The van der Waals surface area contributed by atoms with Crippen LogP contribution in [0.2, 0.25) is 5.02 Å². The highest BCUT2D eigenvalue weighted by atomic mass is 35.5. The van der Waals surface area contributed by atoms with E-state index in [9.17, 15) is 13.2 Å². The molecule has 1 N–H and O–H groups in total. The maximum absolute atomic E-state index is 12.4. The number of morpholine rings is 1. The fraction of sp³-hybridized carbons (Fsp3) is 0.409. The molecule has 0 aromatic heterocycles. The Morgan fingerprint density at radius 3 is 2.47 bits per heavy atom. The van der Waals surface area contributed by atoms with Crippen molar-refractivity contribution in [2.75, 3.05) is 60.7 Å². The first kappa shape index (κ1) is 24.2. The van der Waals surface area contributed by atoms with E-state index in [4.69, 9.17) is 21.1 Å². The number of rotatable bonds is 9. The minimum Gasteiger partial charge on any atom is -0.495 e. The van der Waals surface area contributed by atoms with Crippen LogP contribution in [0.15, 0.2) is 42.5 Å². The molecule has 1 saturated heterocycles. The summed E-state index contributed by atoms with van der Waals surface area (Å²) in [6, 6.07) is 12.5. The summed E-state index contributed by atoms with van der Waals surface area (Å²) >= 11 is 6.14. The third-order valence-corrected chi connectivity index (χ3v) is 6.61. The van der Waals surface area contributed by atoms with Crippen LogP contribution in [0.5, 0.6) is 5.75 Å². The molecule has 3 rings (SSSR count). The Kier molecular flexibility index (Phi) is 8.22. The van der Waals surface area contributed by atoms with E-state index in [-0.39, 0.29) is 18.9 Å². The molecule has 10 heteroatoms. The molecule has 1 fully saturated rings. The molecule has 1 aliphatic rings. The van der Waals surface area contributed by atoms with Crippen LogP contribution >= 0.6 is 11.6 Å². The Balaban J connectivity index is 1.54. The van der Waals surface area contributed by atoms with Crippen molar-refractivity contribution in [2.45, 2.75) is 12.8 Å². The van der Waals surface area contributed by atoms with Crippen LogP contribution in [0.4, 0.5) is 17.1 Å². The van der Waals surface area contributed by atoms with Gasteiger partial charge in [-0.05, 0) is 48.9 Å². The molecule has 0 radical (unpaired) electrons. The number of anilines is 3. The standard InChI is InChI=1S/C22H28ClN3O5S/c1-30-21-10-9-19(16-20(21)23)26(32(2,28)29)11-3-4-22(27)24-17-5-7-18(8-6-17)25-12-14-31-15-13-25/h5-10,16H,3-4,11-15H2,1-2H3,(H,24,27). The van der Waals surface area contributed by atoms with Gasteiger partial charge in [-0.1, -0.05) is 11.6 Å². The molecule has 0 aliphatic carbocycles. The first-order valence-electron chi connectivity index (χ1n) is 10.3. The molecule has 32 heavy (non-hydrogen) atoms. The van der Waals surface area contributed by atoms with E-state index < -0.39 is 10.0 Å². The van der Waals surface area contributed by atoms with Gasteiger partial charge in [-0.15, -0.1) is 0 Å². The molecule has 0 spiro atoms. The van der Waals surface area contributed by atoms with Gasteiger partial charge in [0.1, 0.15) is 5.75 Å². The second-order valence-electron chi connectivity index (χ2n) is 7.45. The van der Waals surface area contributed by atoms with Crippen molar-refractivity contribution in [2.24, 2.45) is 0 Å². The van der Waals surface area contributed by atoms with Crippen molar-refractivity contribution in [1.29, 1.82) is 0 Å². The Bertz CT molecular complexity index is 1020. The number of carbonyl (C=O) groups excluding carboxylic acids is 1. The summed E-state index contributed by atoms with van der Waals surface area (Å²) in [5.74, 6) is 0.285. The van der Waals surface area contributed by atoms with Crippen LogP contribution < -0.4 is 19.3 Å². The number of carbonyl (C=O) groups is 1. The first-order valence-corrected chi connectivity index (χ1v) is 12.5. The number of hydrogen-bond donors (Lipinski definition) is 1. The van der Waals surface area contributed by atoms with E-state index in [2.05, 4.69) is 10.2 Å². The van der Waals surface area contributed by atoms with E-state index >= 15 is 0 Å². The molecular weight excluding hydrogens is 454 g/mol. The molecule has 1 amide bonds. The topological polar surface area (TPSA) is 88.2 Å². The zero-order valence-corrected chi connectivity index (χ0v) is 19.8. The SMILES string of the molecule is COc1ccc(N(CCCC(=O)Nc2ccc(N3CCOCC3)cc2)S(C)(=O)=O)cc1Cl. The van der Waals surface area contributed by atoms with Crippen molar-refractivity contribution < 1.29 is 22.7 Å². The fourth-order valence-corrected chi connectivity index (χ4v) is 4.69. The molecule has 2 aromatic rings. The minimum absolute atomic E-state index is 0.158. The van der Waals surface area contributed by atoms with Crippen LogP contribution in [-0.4, -0.2) is 60.5 Å². The third-order valence-electron chi connectivity index (χ3n) is 5.12. The van der Waals surface area contributed by atoms with Crippen molar-refractivity contribution in [3.05, 3.63) is 47.5 Å². The lowest BCUT2D eigenvalue weighted by molar-refractivity contribution is -0.116. The lowest BCUT2D eigenvalue weighted by Crippen LogP contribution is -2.36. The highest BCUT2D eigenvalue weighted by Gasteiger charge is 2.19. The minimum atomic E-state index is -3.54. The molecule has 0 bridgehead atoms. The Morgan fingerprint density at radius 2 is 1.88 bits per heavy atom. The number of ether oxygens (including phenoxy) is 2. The largest absolute Gasteiger partial charge is 0.495 e. The van der Waals surface area contributed by atoms with Crippen molar-refractivity contribution >= 4 is 44.6 Å². The van der Waals surface area contributed by atoms with E-state index in [0.717, 1.165) is 25.0 Å². The van der Waals surface area contributed by atoms with Gasteiger partial charge in [-0.2, -0.15) is 0 Å². The summed E-state index contributed by atoms with van der Waals surface area (Å²) in [7, 11) is -2.05. The quantitative estimate of drug-likeness (QED) is 0.590. The summed E-state index contributed by atoms with van der Waals surface area (Å²) in [4.78, 5) is 14.6. The third kappa shape index (κ3) is 6.51. The monoisotopic (exact) mass is 481 g/mol. The normalized spacial score (nSPS) is 14.2. The zero-order chi connectivity index (χ0) is 23.1. The highest BCUT2D eigenvalue weighted by Crippen LogP contribution is 2.30. The van der Waals surface area contributed by atoms with Gasteiger partial charge in [0.05, 0.1) is 37.3 Å². The Morgan fingerprint density at radius 1 is 1.19 bits per heavy atom. The summed E-state index contributed by atoms with van der Waals surface area (Å²) in [5, 5.41) is 3.18. The molecule has 2 aromatic carbocycles. The number of nitrogens with zero attached hydrogens (tertiary/aromatic N) is 2. The van der Waals surface area contributed by atoms with E-state index in [1.54, 1.807) is 12.1 Å². The summed E-state index contributed by atoms with van der Waals surface area (Å²) in [5.41, 5.74) is 2.22. The van der Waals surface area contributed by atoms with Gasteiger partial charge >= 0.3 is 0 Å². The predicted octanol–water partition coefficient (Wildman–Crippen LogP) is 3.37. The van der Waals surface area contributed by atoms with Crippen LogP contribution in [0.3, 0.4) is 0 Å². The van der Waals surface area contributed by atoms with Gasteiger partial charge < -0.3 is 19.7 Å². The predicted molar refractivity (Wildman–Crippen MR) is 128 cm³/mol. The Hall–Kier alpha value is -2.49. The number of halogens is 1. The molecule has 0 saturated carbocycles. The van der Waals surface area contributed by atoms with E-state index in [1.807, 2.05) is 24.3 Å². The lowest BCUT2D eigenvalue weighted by Gasteiger charge is -2.28. The second kappa shape index (κ2) is 10.9. The van der Waals surface area contributed by atoms with Crippen LogP contribution in [0.1, 0.15) is 12.8 Å².